The van der Waals surface area contributed by atoms with Crippen LogP contribution in [0.3, 0.4) is 0 Å². The summed E-state index contributed by atoms with van der Waals surface area (Å²) in [5.74, 6) is 0.693. The Morgan fingerprint density at radius 3 is 3.05 bits per heavy atom. The summed E-state index contributed by atoms with van der Waals surface area (Å²) in [6.45, 7) is 4.01. The van der Waals surface area contributed by atoms with Crippen molar-refractivity contribution >= 4 is 0 Å². The maximum atomic E-state index is 9.77. The highest BCUT2D eigenvalue weighted by Crippen LogP contribution is 2.27. The molecule has 0 saturated carbocycles. The second-order valence-electron chi connectivity index (χ2n) is 4.81. The van der Waals surface area contributed by atoms with Gasteiger partial charge in [-0.05, 0) is 30.7 Å². The van der Waals surface area contributed by atoms with E-state index in [9.17, 15) is 5.11 Å². The summed E-state index contributed by atoms with van der Waals surface area (Å²) in [6.07, 6.45) is 1.12. The molecule has 1 aliphatic heterocycles. The Labute approximate surface area is 113 Å². The van der Waals surface area contributed by atoms with Gasteiger partial charge in [0.1, 0.15) is 0 Å². The first kappa shape index (κ1) is 14.1. The zero-order valence-corrected chi connectivity index (χ0v) is 11.3. The van der Waals surface area contributed by atoms with Crippen LogP contribution < -0.4 is 10.5 Å². The molecule has 0 spiro atoms. The van der Waals surface area contributed by atoms with E-state index in [-0.39, 0.29) is 11.9 Å². The van der Waals surface area contributed by atoms with Crippen LogP contribution in [-0.2, 0) is 11.3 Å². The molecule has 1 aromatic rings. The Kier molecular flexibility index (Phi) is 5.01. The predicted molar refractivity (Wildman–Crippen MR) is 73.3 cm³/mol. The Bertz CT molecular complexity index is 410. The van der Waals surface area contributed by atoms with Crippen molar-refractivity contribution in [1.29, 1.82) is 0 Å². The third-order valence-corrected chi connectivity index (χ3v) is 3.36. The number of nitrogens with zero attached hydrogens (tertiary/aromatic N) is 1. The second-order valence-corrected chi connectivity index (χ2v) is 4.81. The van der Waals surface area contributed by atoms with Crippen molar-refractivity contribution < 1.29 is 14.6 Å². The highest BCUT2D eigenvalue weighted by molar-refractivity contribution is 5.41. The van der Waals surface area contributed by atoms with Gasteiger partial charge in [-0.2, -0.15) is 0 Å². The zero-order valence-electron chi connectivity index (χ0n) is 11.3. The number of aromatic hydroxyl groups is 1. The number of methoxy groups -OCH3 is 1. The first-order chi connectivity index (χ1) is 9.22. The largest absolute Gasteiger partial charge is 0.504 e. The van der Waals surface area contributed by atoms with E-state index in [1.807, 2.05) is 6.07 Å². The van der Waals surface area contributed by atoms with Gasteiger partial charge in [0.15, 0.2) is 11.5 Å². The van der Waals surface area contributed by atoms with E-state index in [2.05, 4.69) is 4.90 Å². The molecular weight excluding hydrogens is 244 g/mol. The lowest BCUT2D eigenvalue weighted by Crippen LogP contribution is -2.42. The highest BCUT2D eigenvalue weighted by Gasteiger charge is 2.20. The van der Waals surface area contributed by atoms with Crippen molar-refractivity contribution in [3.63, 3.8) is 0 Å². The minimum atomic E-state index is 0.187. The smallest absolute Gasteiger partial charge is 0.160 e. The molecule has 0 radical (unpaired) electrons. The summed E-state index contributed by atoms with van der Waals surface area (Å²) in [4.78, 5) is 2.32. The van der Waals surface area contributed by atoms with E-state index in [1.54, 1.807) is 19.2 Å². The molecule has 106 valence electrons. The maximum absolute atomic E-state index is 9.77. The van der Waals surface area contributed by atoms with E-state index >= 15 is 0 Å². The molecule has 0 aliphatic carbocycles. The molecule has 1 fully saturated rings. The minimum Gasteiger partial charge on any atom is -0.504 e. The first-order valence-corrected chi connectivity index (χ1v) is 6.63. The van der Waals surface area contributed by atoms with Crippen LogP contribution in [-0.4, -0.2) is 49.5 Å². The summed E-state index contributed by atoms with van der Waals surface area (Å²) in [7, 11) is 1.55. The van der Waals surface area contributed by atoms with Crippen molar-refractivity contribution in [3.8, 4) is 11.5 Å². The molecule has 19 heavy (non-hydrogen) atoms. The van der Waals surface area contributed by atoms with Crippen LogP contribution in [0.25, 0.3) is 0 Å². The lowest BCUT2D eigenvalue weighted by atomic mass is 10.1. The molecule has 5 nitrogen and oxygen atoms in total. The standard InChI is InChI=1S/C14H22N2O3/c1-18-14-3-2-11(8-13(14)17)9-16-6-7-19-12(10-16)4-5-15/h2-3,8,12,17H,4-7,9-10,15H2,1H3/t12-/m1/s1. The summed E-state index contributed by atoms with van der Waals surface area (Å²) >= 11 is 0. The Morgan fingerprint density at radius 1 is 1.53 bits per heavy atom. The fourth-order valence-corrected chi connectivity index (χ4v) is 2.38. The van der Waals surface area contributed by atoms with Crippen LogP contribution in [0.4, 0.5) is 0 Å². The van der Waals surface area contributed by atoms with Crippen molar-refractivity contribution in [2.24, 2.45) is 5.73 Å². The predicted octanol–water partition coefficient (Wildman–Crippen LogP) is 0.950. The number of rotatable bonds is 5. The first-order valence-electron chi connectivity index (χ1n) is 6.63. The van der Waals surface area contributed by atoms with Crippen molar-refractivity contribution in [2.45, 2.75) is 19.1 Å². The molecule has 5 heteroatoms. The van der Waals surface area contributed by atoms with Gasteiger partial charge in [-0.1, -0.05) is 6.07 Å². The van der Waals surface area contributed by atoms with E-state index in [1.165, 1.54) is 0 Å². The molecular formula is C14H22N2O3. The molecule has 1 heterocycles. The van der Waals surface area contributed by atoms with Gasteiger partial charge >= 0.3 is 0 Å². The van der Waals surface area contributed by atoms with Gasteiger partial charge in [-0.15, -0.1) is 0 Å². The number of nitrogens with two attached hydrogens (primary N) is 1. The minimum absolute atomic E-state index is 0.187. The average molecular weight is 266 g/mol. The number of phenolic OH excluding ortho intramolecular Hbond substituents is 1. The normalized spacial score (nSPS) is 20.4. The monoisotopic (exact) mass is 266 g/mol. The molecule has 0 aromatic heterocycles. The zero-order chi connectivity index (χ0) is 13.7. The molecule has 0 unspecified atom stereocenters. The van der Waals surface area contributed by atoms with Crippen LogP contribution in [0.2, 0.25) is 0 Å². The van der Waals surface area contributed by atoms with E-state index in [4.69, 9.17) is 15.2 Å². The molecule has 1 aliphatic rings. The summed E-state index contributed by atoms with van der Waals surface area (Å²) in [6, 6.07) is 5.53. The Hall–Kier alpha value is -1.30. The van der Waals surface area contributed by atoms with Gasteiger partial charge in [-0.3, -0.25) is 4.90 Å². The number of morpholine rings is 1. The van der Waals surface area contributed by atoms with Gasteiger partial charge in [0.05, 0.1) is 19.8 Å². The Balaban J connectivity index is 1.94. The Morgan fingerprint density at radius 2 is 2.37 bits per heavy atom. The molecule has 0 bridgehead atoms. The number of phenols is 1. The van der Waals surface area contributed by atoms with Crippen LogP contribution >= 0.6 is 0 Å². The highest BCUT2D eigenvalue weighted by atomic mass is 16.5. The summed E-state index contributed by atoms with van der Waals surface area (Å²) in [5, 5.41) is 9.77. The molecule has 3 N–H and O–H groups in total. The fourth-order valence-electron chi connectivity index (χ4n) is 2.38. The molecule has 0 amide bonds. The number of benzene rings is 1. The number of hydrogen-bond donors (Lipinski definition) is 2. The SMILES string of the molecule is COc1ccc(CN2CCO[C@H](CCN)C2)cc1O. The van der Waals surface area contributed by atoms with Crippen LogP contribution in [0.5, 0.6) is 11.5 Å². The van der Waals surface area contributed by atoms with Gasteiger partial charge in [0.2, 0.25) is 0 Å². The van der Waals surface area contributed by atoms with E-state index < -0.39 is 0 Å². The third-order valence-electron chi connectivity index (χ3n) is 3.36. The third kappa shape index (κ3) is 3.83. The van der Waals surface area contributed by atoms with Crippen LogP contribution in [0.1, 0.15) is 12.0 Å². The molecule has 2 rings (SSSR count). The maximum Gasteiger partial charge on any atom is 0.160 e. The fraction of sp³-hybridized carbons (Fsp3) is 0.571. The van der Waals surface area contributed by atoms with Crippen molar-refractivity contribution in [1.82, 2.24) is 4.90 Å². The van der Waals surface area contributed by atoms with Gasteiger partial charge in [0.25, 0.3) is 0 Å². The average Bonchev–Trinajstić information content (AvgIpc) is 2.40. The topological polar surface area (TPSA) is 68.0 Å². The van der Waals surface area contributed by atoms with E-state index in [0.717, 1.165) is 38.2 Å². The quantitative estimate of drug-likeness (QED) is 0.830. The summed E-state index contributed by atoms with van der Waals surface area (Å²) < 4.78 is 10.7. The van der Waals surface area contributed by atoms with Crippen LogP contribution in [0, 0.1) is 0 Å². The van der Waals surface area contributed by atoms with E-state index in [0.29, 0.717) is 12.3 Å². The molecule has 1 aromatic carbocycles. The van der Waals surface area contributed by atoms with Crippen molar-refractivity contribution in [2.75, 3.05) is 33.4 Å². The number of ether oxygens (including phenoxy) is 2. The van der Waals surface area contributed by atoms with Crippen molar-refractivity contribution in [3.05, 3.63) is 23.8 Å². The number of hydrogen-bond acceptors (Lipinski definition) is 5. The summed E-state index contributed by atoms with van der Waals surface area (Å²) in [5.41, 5.74) is 6.64. The van der Waals surface area contributed by atoms with Gasteiger partial charge < -0.3 is 20.3 Å². The van der Waals surface area contributed by atoms with Gasteiger partial charge in [-0.25, -0.2) is 0 Å². The van der Waals surface area contributed by atoms with Gasteiger partial charge in [0, 0.05) is 19.6 Å². The molecule has 1 saturated heterocycles. The lowest BCUT2D eigenvalue weighted by molar-refractivity contribution is -0.0335. The second kappa shape index (κ2) is 6.75. The lowest BCUT2D eigenvalue weighted by Gasteiger charge is -2.32. The molecule has 1 atom stereocenters. The van der Waals surface area contributed by atoms with Crippen LogP contribution in [0.15, 0.2) is 18.2 Å².